The smallest absolute Gasteiger partial charge is 0.287 e. The number of halogens is 2. The predicted octanol–water partition coefficient (Wildman–Crippen LogP) is 4.63. The first-order valence-corrected chi connectivity index (χ1v) is 7.67. The average Bonchev–Trinajstić information content (AvgIpc) is 2.96. The molecule has 2 N–H and O–H groups in total. The Balaban J connectivity index is 1.77. The van der Waals surface area contributed by atoms with Crippen molar-refractivity contribution < 1.29 is 4.79 Å². The highest BCUT2D eigenvalue weighted by Gasteiger charge is 2.09. The minimum Gasteiger partial charge on any atom is -0.350 e. The number of carbonyl (C=O) groups excluding carboxylic acids is 1. The number of fused-ring (bicyclic) bond motifs is 1. The molecule has 4 nitrogen and oxygen atoms in total. The highest BCUT2D eigenvalue weighted by Crippen LogP contribution is 2.20. The molecule has 0 atom stereocenters. The molecule has 0 radical (unpaired) electrons. The van der Waals surface area contributed by atoms with Gasteiger partial charge in [0.05, 0.1) is 5.71 Å². The molecule has 1 heterocycles. The van der Waals surface area contributed by atoms with Crippen molar-refractivity contribution in [2.45, 2.75) is 6.92 Å². The van der Waals surface area contributed by atoms with Crippen LogP contribution in [-0.2, 0) is 0 Å². The Hall–Kier alpha value is -2.30. The first-order valence-electron chi connectivity index (χ1n) is 6.92. The Bertz CT molecular complexity index is 898. The highest BCUT2D eigenvalue weighted by molar-refractivity contribution is 6.31. The summed E-state index contributed by atoms with van der Waals surface area (Å²) in [5.74, 6) is -0.314. The van der Waals surface area contributed by atoms with Gasteiger partial charge in [0.2, 0.25) is 0 Å². The molecule has 6 heteroatoms. The number of hydrogen-bond acceptors (Lipinski definition) is 2. The van der Waals surface area contributed by atoms with E-state index in [4.69, 9.17) is 23.2 Å². The van der Waals surface area contributed by atoms with E-state index in [1.54, 1.807) is 30.3 Å². The van der Waals surface area contributed by atoms with Crippen molar-refractivity contribution >= 4 is 45.7 Å². The summed E-state index contributed by atoms with van der Waals surface area (Å²) in [6.07, 6.45) is 0. The standard InChI is InChI=1S/C17H13Cl2N3O/c1-10(11-2-4-13(18)5-3-11)21-22-17(23)16-9-12-8-14(19)6-7-15(12)20-16/h2-9,20H,1H3,(H,22,23)/b21-10+. The Morgan fingerprint density at radius 2 is 1.74 bits per heavy atom. The van der Waals surface area contributed by atoms with Crippen molar-refractivity contribution in [2.75, 3.05) is 0 Å². The van der Waals surface area contributed by atoms with Crippen LogP contribution in [0.25, 0.3) is 10.9 Å². The SMILES string of the molecule is C/C(=N\NC(=O)c1cc2cc(Cl)ccc2[nH]1)c1ccc(Cl)cc1. The molecule has 0 aliphatic carbocycles. The van der Waals surface area contributed by atoms with Gasteiger partial charge in [-0.25, -0.2) is 5.43 Å². The fraction of sp³-hybridized carbons (Fsp3) is 0.0588. The van der Waals surface area contributed by atoms with Crippen LogP contribution in [-0.4, -0.2) is 16.6 Å². The molecule has 0 aliphatic heterocycles. The van der Waals surface area contributed by atoms with E-state index < -0.39 is 0 Å². The second kappa shape index (κ2) is 6.44. The second-order valence-corrected chi connectivity index (χ2v) is 5.93. The van der Waals surface area contributed by atoms with E-state index in [9.17, 15) is 4.79 Å². The van der Waals surface area contributed by atoms with E-state index in [-0.39, 0.29) is 5.91 Å². The summed E-state index contributed by atoms with van der Waals surface area (Å²) in [7, 11) is 0. The van der Waals surface area contributed by atoms with Crippen molar-refractivity contribution in [3.05, 3.63) is 69.8 Å². The molecule has 3 aromatic rings. The molecule has 23 heavy (non-hydrogen) atoms. The molecule has 0 fully saturated rings. The van der Waals surface area contributed by atoms with Gasteiger partial charge in [0, 0.05) is 20.9 Å². The average molecular weight is 346 g/mol. The van der Waals surface area contributed by atoms with E-state index in [0.717, 1.165) is 16.5 Å². The van der Waals surface area contributed by atoms with E-state index >= 15 is 0 Å². The zero-order valence-electron chi connectivity index (χ0n) is 12.2. The molecule has 3 rings (SSSR count). The summed E-state index contributed by atoms with van der Waals surface area (Å²) in [5.41, 5.74) is 5.39. The number of benzene rings is 2. The molecule has 0 spiro atoms. The normalized spacial score (nSPS) is 11.7. The van der Waals surface area contributed by atoms with E-state index in [1.807, 2.05) is 25.1 Å². The highest BCUT2D eigenvalue weighted by atomic mass is 35.5. The fourth-order valence-electron chi connectivity index (χ4n) is 2.18. The van der Waals surface area contributed by atoms with Gasteiger partial charge in [0.1, 0.15) is 5.69 Å². The van der Waals surface area contributed by atoms with Gasteiger partial charge in [0.25, 0.3) is 5.91 Å². The third-order valence-corrected chi connectivity index (χ3v) is 3.90. The van der Waals surface area contributed by atoms with Crippen molar-refractivity contribution in [2.24, 2.45) is 5.10 Å². The van der Waals surface area contributed by atoms with Crippen molar-refractivity contribution in [3.8, 4) is 0 Å². The quantitative estimate of drug-likeness (QED) is 0.527. The Kier molecular flexibility index (Phi) is 4.37. The lowest BCUT2D eigenvalue weighted by Crippen LogP contribution is -2.19. The number of nitrogens with one attached hydrogen (secondary N) is 2. The largest absolute Gasteiger partial charge is 0.350 e. The van der Waals surface area contributed by atoms with Crippen molar-refractivity contribution in [1.29, 1.82) is 0 Å². The minimum absolute atomic E-state index is 0.314. The van der Waals surface area contributed by atoms with Gasteiger partial charge in [-0.2, -0.15) is 5.10 Å². The van der Waals surface area contributed by atoms with Crippen LogP contribution < -0.4 is 5.43 Å². The Morgan fingerprint density at radius 3 is 2.48 bits per heavy atom. The summed E-state index contributed by atoms with van der Waals surface area (Å²) >= 11 is 11.8. The zero-order chi connectivity index (χ0) is 16.4. The molecule has 116 valence electrons. The van der Waals surface area contributed by atoms with Crippen LogP contribution in [0.1, 0.15) is 23.0 Å². The molecule has 0 aliphatic rings. The molecule has 1 amide bonds. The number of aromatic nitrogens is 1. The maximum atomic E-state index is 12.2. The number of nitrogens with zero attached hydrogens (tertiary/aromatic N) is 1. The Morgan fingerprint density at radius 1 is 1.04 bits per heavy atom. The Labute approximate surface area is 143 Å². The van der Waals surface area contributed by atoms with Gasteiger partial charge in [-0.05, 0) is 48.9 Å². The number of carbonyl (C=O) groups is 1. The molecule has 0 bridgehead atoms. The van der Waals surface area contributed by atoms with Crippen LogP contribution in [0.15, 0.2) is 53.6 Å². The number of aromatic amines is 1. The third-order valence-electron chi connectivity index (χ3n) is 3.41. The maximum absolute atomic E-state index is 12.2. The number of hydrogen-bond donors (Lipinski definition) is 2. The van der Waals surface area contributed by atoms with Gasteiger partial charge in [0.15, 0.2) is 0 Å². The molecular weight excluding hydrogens is 333 g/mol. The summed E-state index contributed by atoms with van der Waals surface area (Å²) < 4.78 is 0. The maximum Gasteiger partial charge on any atom is 0.287 e. The number of H-pyrrole nitrogens is 1. The third kappa shape index (κ3) is 3.55. The van der Waals surface area contributed by atoms with Crippen LogP contribution in [0.2, 0.25) is 10.0 Å². The predicted molar refractivity (Wildman–Crippen MR) is 94.4 cm³/mol. The number of rotatable bonds is 3. The molecule has 0 saturated carbocycles. The molecule has 0 saturated heterocycles. The molecule has 2 aromatic carbocycles. The molecule has 0 unspecified atom stereocenters. The minimum atomic E-state index is -0.314. The summed E-state index contributed by atoms with van der Waals surface area (Å²) in [6.45, 7) is 1.81. The fourth-order valence-corrected chi connectivity index (χ4v) is 2.48. The first kappa shape index (κ1) is 15.6. The van der Waals surface area contributed by atoms with Gasteiger partial charge in [-0.3, -0.25) is 4.79 Å². The molecule has 1 aromatic heterocycles. The monoisotopic (exact) mass is 345 g/mol. The first-order chi connectivity index (χ1) is 11.0. The van der Waals surface area contributed by atoms with E-state index in [1.165, 1.54) is 0 Å². The van der Waals surface area contributed by atoms with Gasteiger partial charge in [-0.1, -0.05) is 35.3 Å². The lowest BCUT2D eigenvalue weighted by Gasteiger charge is -2.02. The van der Waals surface area contributed by atoms with Crippen LogP contribution in [0.3, 0.4) is 0 Å². The van der Waals surface area contributed by atoms with E-state index in [2.05, 4.69) is 15.5 Å². The van der Waals surface area contributed by atoms with Crippen molar-refractivity contribution in [3.63, 3.8) is 0 Å². The molecular formula is C17H13Cl2N3O. The zero-order valence-corrected chi connectivity index (χ0v) is 13.7. The van der Waals surface area contributed by atoms with Gasteiger partial charge in [-0.15, -0.1) is 0 Å². The van der Waals surface area contributed by atoms with Crippen LogP contribution >= 0.6 is 23.2 Å². The van der Waals surface area contributed by atoms with Crippen molar-refractivity contribution in [1.82, 2.24) is 10.4 Å². The van der Waals surface area contributed by atoms with E-state index in [0.29, 0.717) is 21.5 Å². The summed E-state index contributed by atoms with van der Waals surface area (Å²) in [5, 5.41) is 6.27. The van der Waals surface area contributed by atoms with Crippen LogP contribution in [0.4, 0.5) is 0 Å². The topological polar surface area (TPSA) is 57.2 Å². The summed E-state index contributed by atoms with van der Waals surface area (Å²) in [6, 6.07) is 14.4. The lowest BCUT2D eigenvalue weighted by molar-refractivity contribution is 0.0950. The second-order valence-electron chi connectivity index (χ2n) is 5.06. The van der Waals surface area contributed by atoms with Crippen LogP contribution in [0, 0.1) is 0 Å². The van der Waals surface area contributed by atoms with Gasteiger partial charge < -0.3 is 4.98 Å². The number of amides is 1. The van der Waals surface area contributed by atoms with Gasteiger partial charge >= 0.3 is 0 Å². The summed E-state index contributed by atoms with van der Waals surface area (Å²) in [4.78, 5) is 15.2. The van der Waals surface area contributed by atoms with Crippen LogP contribution in [0.5, 0.6) is 0 Å². The number of hydrazone groups is 1. The lowest BCUT2D eigenvalue weighted by atomic mass is 10.1.